The van der Waals surface area contributed by atoms with Crippen molar-refractivity contribution in [2.24, 2.45) is 17.8 Å². The molecule has 3 N–H and O–H groups in total. The predicted octanol–water partition coefficient (Wildman–Crippen LogP) is 3.13. The van der Waals surface area contributed by atoms with Gasteiger partial charge < -0.3 is 15.6 Å². The summed E-state index contributed by atoms with van der Waals surface area (Å²) in [6, 6.07) is 4.29. The van der Waals surface area contributed by atoms with Gasteiger partial charge in [0.2, 0.25) is 5.91 Å². The van der Waals surface area contributed by atoms with E-state index in [1.807, 2.05) is 20.8 Å². The molecule has 36 heavy (non-hydrogen) atoms. The van der Waals surface area contributed by atoms with E-state index in [1.165, 1.54) is 0 Å². The lowest BCUT2D eigenvalue weighted by molar-refractivity contribution is -0.119. The number of hydrogen-bond acceptors (Lipinski definition) is 5. The molecule has 0 aromatic carbocycles. The second-order valence-corrected chi connectivity index (χ2v) is 10.3. The molecular weight excluding hydrogens is 458 g/mol. The van der Waals surface area contributed by atoms with Gasteiger partial charge in [-0.15, -0.1) is 0 Å². The average molecular weight is 492 g/mol. The summed E-state index contributed by atoms with van der Waals surface area (Å²) in [6.45, 7) is 5.81. The van der Waals surface area contributed by atoms with E-state index in [-0.39, 0.29) is 35.4 Å². The average Bonchev–Trinajstić information content (AvgIpc) is 3.77. The summed E-state index contributed by atoms with van der Waals surface area (Å²) in [7, 11) is 0. The highest BCUT2D eigenvalue weighted by atomic mass is 16.2. The van der Waals surface area contributed by atoms with Crippen LogP contribution in [-0.2, 0) is 4.79 Å². The van der Waals surface area contributed by atoms with E-state index in [1.54, 1.807) is 52.4 Å². The van der Waals surface area contributed by atoms with Crippen LogP contribution in [0.15, 0.2) is 47.8 Å². The summed E-state index contributed by atoms with van der Waals surface area (Å²) in [5.74, 6) is 0.487. The van der Waals surface area contributed by atoms with Gasteiger partial charge in [-0.05, 0) is 82.4 Å². The van der Waals surface area contributed by atoms with E-state index in [0.29, 0.717) is 28.8 Å². The first-order valence-corrected chi connectivity index (χ1v) is 12.7. The maximum atomic E-state index is 13.6. The minimum atomic E-state index is -0.647. The number of nitrogens with one attached hydrogen (secondary N) is 3. The van der Waals surface area contributed by atoms with Gasteiger partial charge in [-0.2, -0.15) is 10.2 Å². The Morgan fingerprint density at radius 3 is 2.44 bits per heavy atom. The fraction of sp³-hybridized carbons (Fsp3) is 0.500. The third-order valence-corrected chi connectivity index (χ3v) is 7.24. The van der Waals surface area contributed by atoms with E-state index in [2.05, 4.69) is 25.8 Å². The van der Waals surface area contributed by atoms with Crippen LogP contribution in [-0.4, -0.2) is 42.4 Å². The molecule has 5 rings (SSSR count). The molecule has 2 aliphatic rings. The van der Waals surface area contributed by atoms with Crippen molar-refractivity contribution in [1.82, 2.24) is 29.9 Å². The number of H-pyrrole nitrogens is 1. The predicted molar refractivity (Wildman–Crippen MR) is 135 cm³/mol. The number of anilines is 1. The highest BCUT2D eigenvalue weighted by molar-refractivity contribution is 6.00. The van der Waals surface area contributed by atoms with E-state index in [9.17, 15) is 14.4 Å². The molecule has 0 unspecified atom stereocenters. The van der Waals surface area contributed by atoms with Crippen LogP contribution in [0, 0.1) is 17.8 Å². The van der Waals surface area contributed by atoms with Gasteiger partial charge in [-0.25, -0.2) is 0 Å². The molecule has 2 amide bonds. The fourth-order valence-corrected chi connectivity index (χ4v) is 5.09. The molecule has 0 spiro atoms. The van der Waals surface area contributed by atoms with Gasteiger partial charge in [0.25, 0.3) is 11.5 Å². The third-order valence-electron chi connectivity index (χ3n) is 7.24. The van der Waals surface area contributed by atoms with Crippen LogP contribution >= 0.6 is 0 Å². The molecule has 10 heteroatoms. The molecule has 3 aromatic heterocycles. The van der Waals surface area contributed by atoms with Gasteiger partial charge in [0, 0.05) is 30.2 Å². The van der Waals surface area contributed by atoms with E-state index >= 15 is 0 Å². The zero-order valence-electron chi connectivity index (χ0n) is 20.8. The van der Waals surface area contributed by atoms with Gasteiger partial charge >= 0.3 is 0 Å². The van der Waals surface area contributed by atoms with Gasteiger partial charge in [-0.1, -0.05) is 0 Å². The first-order chi connectivity index (χ1) is 17.3. The van der Waals surface area contributed by atoms with Gasteiger partial charge in [-0.3, -0.25) is 23.7 Å². The highest BCUT2D eigenvalue weighted by Gasteiger charge is 2.48. The van der Waals surface area contributed by atoms with Crippen LogP contribution in [0.3, 0.4) is 0 Å². The number of nitrogens with zero attached hydrogens (tertiary/aromatic N) is 4. The number of aromatic nitrogens is 5. The van der Waals surface area contributed by atoms with Crippen molar-refractivity contribution in [2.45, 2.75) is 64.6 Å². The van der Waals surface area contributed by atoms with Crippen LogP contribution in [0.1, 0.15) is 74.6 Å². The van der Waals surface area contributed by atoms with Crippen molar-refractivity contribution in [3.05, 3.63) is 64.6 Å². The highest BCUT2D eigenvalue weighted by Crippen LogP contribution is 2.51. The van der Waals surface area contributed by atoms with Crippen molar-refractivity contribution in [2.75, 3.05) is 5.32 Å². The minimum Gasteiger partial charge on any atom is -0.339 e. The third kappa shape index (κ3) is 4.98. The number of carbonyl (C=O) groups excluding carboxylic acids is 2. The molecule has 10 nitrogen and oxygen atoms in total. The second kappa shape index (κ2) is 9.75. The summed E-state index contributed by atoms with van der Waals surface area (Å²) in [5.41, 5.74) is 1.37. The number of hydrogen-bond donors (Lipinski definition) is 3. The summed E-state index contributed by atoms with van der Waals surface area (Å²) in [6.07, 6.45) is 10.8. The molecule has 2 saturated carbocycles. The SMILES string of the molecule is CC(C)n1nccc1C(=O)N[C@H](C(=O)Nc1cnn([C@@H](C)c2ccc[nH]c2=O)c1)C(C1CC1)C1CC1. The van der Waals surface area contributed by atoms with E-state index < -0.39 is 6.04 Å². The molecule has 0 bridgehead atoms. The Morgan fingerprint density at radius 2 is 1.81 bits per heavy atom. The summed E-state index contributed by atoms with van der Waals surface area (Å²) in [5, 5.41) is 14.7. The number of amides is 2. The Kier molecular flexibility index (Phi) is 6.51. The molecule has 2 fully saturated rings. The number of pyridine rings is 1. The summed E-state index contributed by atoms with van der Waals surface area (Å²) in [4.78, 5) is 41.7. The molecule has 190 valence electrons. The molecule has 0 saturated heterocycles. The lowest BCUT2D eigenvalue weighted by atomic mass is 9.88. The standard InChI is InChI=1S/C26H33N7O3/c1-15(2)33-21(10-12-28-33)25(35)31-23(22(17-6-7-17)18-8-9-18)26(36)30-19-13-29-32(14-19)16(3)20-5-4-11-27-24(20)34/h4-5,10-18,22-23H,6-9H2,1-3H3,(H,27,34)(H,30,36)(H,31,35)/t16-,23-/m0/s1. The van der Waals surface area contributed by atoms with E-state index in [0.717, 1.165) is 25.7 Å². The molecule has 2 atom stereocenters. The number of aromatic amines is 1. The van der Waals surface area contributed by atoms with Crippen molar-refractivity contribution >= 4 is 17.5 Å². The quantitative estimate of drug-likeness (QED) is 0.402. The number of carbonyl (C=O) groups is 2. The maximum Gasteiger partial charge on any atom is 0.270 e. The van der Waals surface area contributed by atoms with Gasteiger partial charge in [0.15, 0.2) is 0 Å². The zero-order chi connectivity index (χ0) is 25.4. The largest absolute Gasteiger partial charge is 0.339 e. The van der Waals surface area contributed by atoms with Crippen molar-refractivity contribution in [3.63, 3.8) is 0 Å². The van der Waals surface area contributed by atoms with Crippen LogP contribution in [0.5, 0.6) is 0 Å². The molecule has 3 heterocycles. The van der Waals surface area contributed by atoms with Crippen LogP contribution in [0.4, 0.5) is 5.69 Å². The topological polar surface area (TPSA) is 127 Å². The Labute approximate surface area is 209 Å². The minimum absolute atomic E-state index is 0.0281. The molecular formula is C26H33N7O3. The second-order valence-electron chi connectivity index (χ2n) is 10.3. The first-order valence-electron chi connectivity index (χ1n) is 12.7. The van der Waals surface area contributed by atoms with Crippen molar-refractivity contribution in [3.8, 4) is 0 Å². The lowest BCUT2D eigenvalue weighted by Crippen LogP contribution is -2.50. The van der Waals surface area contributed by atoms with Gasteiger partial charge in [0.1, 0.15) is 11.7 Å². The molecule has 0 radical (unpaired) electrons. The zero-order valence-corrected chi connectivity index (χ0v) is 20.8. The number of rotatable bonds is 10. The Balaban J connectivity index is 1.35. The first kappa shape index (κ1) is 24.0. The molecule has 3 aromatic rings. The summed E-state index contributed by atoms with van der Waals surface area (Å²) >= 11 is 0. The van der Waals surface area contributed by atoms with Crippen LogP contribution in [0.25, 0.3) is 0 Å². The Bertz CT molecular complexity index is 1290. The monoisotopic (exact) mass is 491 g/mol. The molecule has 2 aliphatic carbocycles. The normalized spacial score (nSPS) is 17.2. The van der Waals surface area contributed by atoms with Crippen molar-refractivity contribution in [1.29, 1.82) is 0 Å². The van der Waals surface area contributed by atoms with E-state index in [4.69, 9.17) is 0 Å². The van der Waals surface area contributed by atoms with Crippen LogP contribution < -0.4 is 16.2 Å². The lowest BCUT2D eigenvalue weighted by Gasteiger charge is -2.27. The van der Waals surface area contributed by atoms with Gasteiger partial charge in [0.05, 0.1) is 17.9 Å². The Hall–Kier alpha value is -3.69. The fourth-order valence-electron chi connectivity index (χ4n) is 5.09. The van der Waals surface area contributed by atoms with Crippen LogP contribution in [0.2, 0.25) is 0 Å². The van der Waals surface area contributed by atoms with Crippen molar-refractivity contribution < 1.29 is 9.59 Å². The Morgan fingerprint density at radius 1 is 1.08 bits per heavy atom. The smallest absolute Gasteiger partial charge is 0.270 e. The molecule has 0 aliphatic heterocycles. The summed E-state index contributed by atoms with van der Waals surface area (Å²) < 4.78 is 3.32. The maximum absolute atomic E-state index is 13.6.